The molecule has 0 aliphatic carbocycles. The number of unbranched alkanes of at least 4 members (excludes halogenated alkanes) is 1. The van der Waals surface area contributed by atoms with Gasteiger partial charge in [0.15, 0.2) is 11.6 Å². The van der Waals surface area contributed by atoms with E-state index in [9.17, 15) is 0 Å². The SMILES string of the molecule is CCCCc1nc(CN2CCO[C@@H](c3n[nH]c(CC)n3)C2)no1. The normalized spacial score (nSPS) is 19.3. The molecule has 1 aliphatic rings. The number of hydrogen-bond acceptors (Lipinski definition) is 7. The molecule has 1 fully saturated rings. The molecule has 8 nitrogen and oxygen atoms in total. The highest BCUT2D eigenvalue weighted by atomic mass is 16.5. The predicted molar refractivity (Wildman–Crippen MR) is 82.6 cm³/mol. The van der Waals surface area contributed by atoms with E-state index in [1.54, 1.807) is 0 Å². The summed E-state index contributed by atoms with van der Waals surface area (Å²) in [5.74, 6) is 3.08. The molecule has 8 heteroatoms. The summed E-state index contributed by atoms with van der Waals surface area (Å²) in [6, 6.07) is 0. The Morgan fingerprint density at radius 3 is 3.00 bits per heavy atom. The fraction of sp³-hybridized carbons (Fsp3) is 0.733. The third-order valence-electron chi connectivity index (χ3n) is 3.94. The first-order valence-electron chi connectivity index (χ1n) is 8.35. The summed E-state index contributed by atoms with van der Waals surface area (Å²) in [6.07, 6.45) is 3.79. The lowest BCUT2D eigenvalue weighted by Crippen LogP contribution is -2.38. The van der Waals surface area contributed by atoms with Crippen molar-refractivity contribution in [2.75, 3.05) is 19.7 Å². The molecular formula is C15H24N6O2. The van der Waals surface area contributed by atoms with E-state index in [0.717, 1.165) is 62.1 Å². The Labute approximate surface area is 135 Å². The van der Waals surface area contributed by atoms with Crippen molar-refractivity contribution in [1.29, 1.82) is 0 Å². The molecule has 1 aliphatic heterocycles. The molecule has 23 heavy (non-hydrogen) atoms. The van der Waals surface area contributed by atoms with Gasteiger partial charge in [-0.15, -0.1) is 0 Å². The lowest BCUT2D eigenvalue weighted by molar-refractivity contribution is -0.0379. The highest BCUT2D eigenvalue weighted by Gasteiger charge is 2.26. The van der Waals surface area contributed by atoms with Gasteiger partial charge >= 0.3 is 0 Å². The number of aromatic amines is 1. The van der Waals surface area contributed by atoms with Gasteiger partial charge in [-0.1, -0.05) is 25.4 Å². The molecule has 0 amide bonds. The summed E-state index contributed by atoms with van der Waals surface area (Å²) < 4.78 is 11.1. The molecule has 0 radical (unpaired) electrons. The average molecular weight is 320 g/mol. The Morgan fingerprint density at radius 1 is 1.30 bits per heavy atom. The molecule has 3 heterocycles. The number of hydrogen-bond donors (Lipinski definition) is 1. The van der Waals surface area contributed by atoms with Gasteiger partial charge in [0.2, 0.25) is 5.89 Å². The molecule has 1 N–H and O–H groups in total. The van der Waals surface area contributed by atoms with E-state index in [1.165, 1.54) is 0 Å². The Morgan fingerprint density at radius 2 is 2.22 bits per heavy atom. The molecule has 0 saturated carbocycles. The smallest absolute Gasteiger partial charge is 0.226 e. The summed E-state index contributed by atoms with van der Waals surface area (Å²) in [4.78, 5) is 11.2. The standard InChI is InChI=1S/C15H24N6O2/c1-3-5-6-14-16-13(20-23-14)10-21-7-8-22-11(9-21)15-17-12(4-2)18-19-15/h11H,3-10H2,1-2H3,(H,17,18,19)/t11-/m1/s1. The third-order valence-corrected chi connectivity index (χ3v) is 3.94. The minimum atomic E-state index is -0.105. The van der Waals surface area contributed by atoms with Gasteiger partial charge in [0.05, 0.1) is 13.2 Å². The van der Waals surface area contributed by atoms with E-state index in [1.807, 2.05) is 6.92 Å². The number of nitrogens with one attached hydrogen (secondary N) is 1. The summed E-state index contributed by atoms with van der Waals surface area (Å²) in [6.45, 7) is 7.10. The van der Waals surface area contributed by atoms with Crippen LogP contribution in [0.15, 0.2) is 4.52 Å². The molecule has 2 aromatic rings. The van der Waals surface area contributed by atoms with Crippen LogP contribution in [-0.2, 0) is 24.1 Å². The Kier molecular flexibility index (Phi) is 5.35. The number of rotatable bonds is 7. The van der Waals surface area contributed by atoms with Crippen molar-refractivity contribution in [3.63, 3.8) is 0 Å². The van der Waals surface area contributed by atoms with Crippen molar-refractivity contribution in [3.8, 4) is 0 Å². The molecule has 1 atom stereocenters. The van der Waals surface area contributed by atoms with E-state index >= 15 is 0 Å². The van der Waals surface area contributed by atoms with Crippen molar-refractivity contribution >= 4 is 0 Å². The number of aromatic nitrogens is 5. The molecule has 1 saturated heterocycles. The number of H-pyrrole nitrogens is 1. The number of ether oxygens (including phenoxy) is 1. The fourth-order valence-corrected chi connectivity index (χ4v) is 2.60. The first-order chi connectivity index (χ1) is 11.3. The maximum absolute atomic E-state index is 5.80. The Hall–Kier alpha value is -1.80. The van der Waals surface area contributed by atoms with E-state index in [-0.39, 0.29) is 6.10 Å². The van der Waals surface area contributed by atoms with E-state index in [4.69, 9.17) is 9.26 Å². The Bertz CT molecular complexity index is 611. The first kappa shape index (κ1) is 16.1. The predicted octanol–water partition coefficient (Wildman–Crippen LogP) is 1.67. The van der Waals surface area contributed by atoms with E-state index in [2.05, 4.69) is 37.1 Å². The van der Waals surface area contributed by atoms with Gasteiger partial charge in [0, 0.05) is 25.9 Å². The molecule has 0 spiro atoms. The van der Waals surface area contributed by atoms with Crippen molar-refractivity contribution in [1.82, 2.24) is 30.2 Å². The van der Waals surface area contributed by atoms with Crippen molar-refractivity contribution < 1.29 is 9.26 Å². The van der Waals surface area contributed by atoms with Crippen LogP contribution in [0.5, 0.6) is 0 Å². The van der Waals surface area contributed by atoms with Crippen LogP contribution in [-0.4, -0.2) is 49.9 Å². The molecular weight excluding hydrogens is 296 g/mol. The first-order valence-corrected chi connectivity index (χ1v) is 8.35. The van der Waals surface area contributed by atoms with Gasteiger partial charge < -0.3 is 9.26 Å². The summed E-state index contributed by atoms with van der Waals surface area (Å²) >= 11 is 0. The second kappa shape index (κ2) is 7.65. The molecule has 0 aromatic carbocycles. The lowest BCUT2D eigenvalue weighted by atomic mass is 10.2. The van der Waals surface area contributed by atoms with Crippen LogP contribution in [0.2, 0.25) is 0 Å². The van der Waals surface area contributed by atoms with Gasteiger partial charge in [-0.2, -0.15) is 10.1 Å². The van der Waals surface area contributed by atoms with Gasteiger partial charge in [0.25, 0.3) is 0 Å². The second-order valence-electron chi connectivity index (χ2n) is 5.80. The number of aryl methyl sites for hydroxylation is 2. The number of morpholine rings is 1. The van der Waals surface area contributed by atoms with Crippen LogP contribution in [0.1, 0.15) is 56.2 Å². The highest BCUT2D eigenvalue weighted by molar-refractivity contribution is 4.97. The zero-order valence-electron chi connectivity index (χ0n) is 13.8. The van der Waals surface area contributed by atoms with Crippen LogP contribution < -0.4 is 0 Å². The van der Waals surface area contributed by atoms with Crippen molar-refractivity contribution in [3.05, 3.63) is 23.4 Å². The molecule has 0 unspecified atom stereocenters. The third kappa shape index (κ3) is 4.14. The van der Waals surface area contributed by atoms with Gasteiger partial charge in [-0.25, -0.2) is 4.98 Å². The second-order valence-corrected chi connectivity index (χ2v) is 5.80. The summed E-state index contributed by atoms with van der Waals surface area (Å²) in [7, 11) is 0. The van der Waals surface area contributed by atoms with Gasteiger partial charge in [0.1, 0.15) is 11.9 Å². The van der Waals surface area contributed by atoms with Gasteiger partial charge in [-0.05, 0) is 6.42 Å². The quantitative estimate of drug-likeness (QED) is 0.829. The monoisotopic (exact) mass is 320 g/mol. The minimum absolute atomic E-state index is 0.105. The molecule has 2 aromatic heterocycles. The maximum atomic E-state index is 5.80. The summed E-state index contributed by atoms with van der Waals surface area (Å²) in [5.41, 5.74) is 0. The Balaban J connectivity index is 1.57. The van der Waals surface area contributed by atoms with Crippen LogP contribution >= 0.6 is 0 Å². The van der Waals surface area contributed by atoms with Gasteiger partial charge in [-0.3, -0.25) is 10.00 Å². The zero-order chi connectivity index (χ0) is 16.1. The largest absolute Gasteiger partial charge is 0.367 e. The lowest BCUT2D eigenvalue weighted by Gasteiger charge is -2.30. The topological polar surface area (TPSA) is 93.0 Å². The van der Waals surface area contributed by atoms with E-state index in [0.29, 0.717) is 13.2 Å². The number of nitrogens with zero attached hydrogens (tertiary/aromatic N) is 5. The minimum Gasteiger partial charge on any atom is -0.367 e. The van der Waals surface area contributed by atoms with Crippen LogP contribution in [0.4, 0.5) is 0 Å². The fourth-order valence-electron chi connectivity index (χ4n) is 2.60. The van der Waals surface area contributed by atoms with Crippen LogP contribution in [0, 0.1) is 0 Å². The van der Waals surface area contributed by atoms with E-state index < -0.39 is 0 Å². The van der Waals surface area contributed by atoms with Crippen LogP contribution in [0.25, 0.3) is 0 Å². The highest BCUT2D eigenvalue weighted by Crippen LogP contribution is 2.20. The molecule has 0 bridgehead atoms. The van der Waals surface area contributed by atoms with Crippen molar-refractivity contribution in [2.45, 2.75) is 52.2 Å². The average Bonchev–Trinajstić information content (AvgIpc) is 3.22. The summed E-state index contributed by atoms with van der Waals surface area (Å²) in [5, 5.41) is 11.3. The molecule has 3 rings (SSSR count). The van der Waals surface area contributed by atoms with Crippen molar-refractivity contribution in [2.24, 2.45) is 0 Å². The zero-order valence-corrected chi connectivity index (χ0v) is 13.8. The maximum Gasteiger partial charge on any atom is 0.226 e. The molecule has 126 valence electrons. The van der Waals surface area contributed by atoms with Crippen LogP contribution in [0.3, 0.4) is 0 Å².